The number of anilines is 2. The number of piperidine rings is 1. The van der Waals surface area contributed by atoms with E-state index in [2.05, 4.69) is 29.8 Å². The normalized spacial score (nSPS) is 17.8. The van der Waals surface area contributed by atoms with Crippen molar-refractivity contribution in [3.8, 4) is 11.3 Å². The van der Waals surface area contributed by atoms with E-state index < -0.39 is 17.2 Å². The molecule has 10 nitrogen and oxygen atoms in total. The van der Waals surface area contributed by atoms with Crippen LogP contribution in [0.2, 0.25) is 0 Å². The number of hydrogen-bond acceptors (Lipinski definition) is 9. The van der Waals surface area contributed by atoms with Gasteiger partial charge >= 0.3 is 0 Å². The average molecular weight is 518 g/mol. The highest BCUT2D eigenvalue weighted by molar-refractivity contribution is 5.81. The molecule has 0 amide bonds. The number of rotatable bonds is 6. The highest BCUT2D eigenvalue weighted by Crippen LogP contribution is 2.32. The SMILES string of the molecule is Nc1ncnc2c1ncn2Cc1cc(-c2ccc(F)c(F)c2)ncc1N1CCC[C@](N)(Cc2ncco2)C1. The summed E-state index contributed by atoms with van der Waals surface area (Å²) in [5.41, 5.74) is 16.1. The highest BCUT2D eigenvalue weighted by atomic mass is 19.2. The van der Waals surface area contributed by atoms with Crippen LogP contribution in [0.5, 0.6) is 0 Å². The molecular weight excluding hydrogens is 492 g/mol. The first kappa shape index (κ1) is 23.9. The summed E-state index contributed by atoms with van der Waals surface area (Å²) in [6, 6.07) is 5.62. The number of aromatic nitrogens is 6. The predicted octanol–water partition coefficient (Wildman–Crippen LogP) is 3.33. The van der Waals surface area contributed by atoms with Gasteiger partial charge in [0.15, 0.2) is 29.0 Å². The van der Waals surface area contributed by atoms with E-state index in [4.69, 9.17) is 15.9 Å². The molecule has 0 radical (unpaired) electrons. The lowest BCUT2D eigenvalue weighted by Gasteiger charge is -2.41. The molecule has 12 heteroatoms. The van der Waals surface area contributed by atoms with E-state index in [0.29, 0.717) is 53.6 Å². The van der Waals surface area contributed by atoms with Gasteiger partial charge in [0.2, 0.25) is 0 Å². The van der Waals surface area contributed by atoms with E-state index >= 15 is 0 Å². The summed E-state index contributed by atoms with van der Waals surface area (Å²) < 4.78 is 34.9. The minimum atomic E-state index is -0.932. The van der Waals surface area contributed by atoms with E-state index in [1.54, 1.807) is 25.0 Å². The van der Waals surface area contributed by atoms with Gasteiger partial charge in [-0.2, -0.15) is 0 Å². The first-order valence-corrected chi connectivity index (χ1v) is 12.2. The van der Waals surface area contributed by atoms with Gasteiger partial charge in [0.25, 0.3) is 0 Å². The Hall–Kier alpha value is -4.45. The topological polar surface area (TPSA) is 138 Å². The Bertz CT molecular complexity index is 1600. The monoisotopic (exact) mass is 517 g/mol. The summed E-state index contributed by atoms with van der Waals surface area (Å²) in [4.78, 5) is 23.8. The Morgan fingerprint density at radius 2 is 1.95 bits per heavy atom. The quantitative estimate of drug-likeness (QED) is 0.347. The molecule has 4 N–H and O–H groups in total. The fourth-order valence-corrected chi connectivity index (χ4v) is 5.06. The van der Waals surface area contributed by atoms with E-state index in [0.717, 1.165) is 42.8 Å². The molecule has 1 saturated heterocycles. The largest absolute Gasteiger partial charge is 0.449 e. The molecule has 194 valence electrons. The van der Waals surface area contributed by atoms with Crippen molar-refractivity contribution in [1.82, 2.24) is 29.5 Å². The number of hydrogen-bond donors (Lipinski definition) is 2. The van der Waals surface area contributed by atoms with Crippen molar-refractivity contribution < 1.29 is 13.2 Å². The van der Waals surface area contributed by atoms with Gasteiger partial charge in [-0.1, -0.05) is 0 Å². The average Bonchev–Trinajstić information content (AvgIpc) is 3.56. The molecule has 38 heavy (non-hydrogen) atoms. The molecule has 1 atom stereocenters. The molecule has 0 saturated carbocycles. The Morgan fingerprint density at radius 3 is 2.76 bits per heavy atom. The van der Waals surface area contributed by atoms with E-state index in [9.17, 15) is 8.78 Å². The molecule has 0 unspecified atom stereocenters. The lowest BCUT2D eigenvalue weighted by Crippen LogP contribution is -2.56. The van der Waals surface area contributed by atoms with Crippen molar-refractivity contribution in [2.45, 2.75) is 31.3 Å². The number of nitrogens with two attached hydrogens (primary N) is 2. The highest BCUT2D eigenvalue weighted by Gasteiger charge is 2.34. The second kappa shape index (κ2) is 9.45. The summed E-state index contributed by atoms with van der Waals surface area (Å²) in [7, 11) is 0. The number of nitrogens with zero attached hydrogens (tertiary/aromatic N) is 7. The second-order valence-corrected chi connectivity index (χ2v) is 9.62. The molecule has 0 aliphatic carbocycles. The second-order valence-electron chi connectivity index (χ2n) is 9.62. The third-order valence-corrected chi connectivity index (χ3v) is 6.89. The standard InChI is InChI=1S/C26H25F2N9O/c27-18-3-2-16(8-19(18)28)20-9-17(12-37-15-35-23-24(29)33-14-34-25(23)37)21(11-32-20)36-6-1-4-26(30,13-36)10-22-31-5-7-38-22/h2-3,5,7-9,11,14-15H,1,4,6,10,12-13,30H2,(H2,29,33,34)/t26-/m0/s1. The zero-order valence-electron chi connectivity index (χ0n) is 20.4. The van der Waals surface area contributed by atoms with Crippen LogP contribution in [0.4, 0.5) is 20.3 Å². The number of imidazole rings is 1. The summed E-state index contributed by atoms with van der Waals surface area (Å²) in [6.45, 7) is 1.73. The van der Waals surface area contributed by atoms with Crippen molar-refractivity contribution in [1.29, 1.82) is 0 Å². The van der Waals surface area contributed by atoms with Crippen molar-refractivity contribution in [2.75, 3.05) is 23.7 Å². The molecule has 0 bridgehead atoms. The van der Waals surface area contributed by atoms with Crippen LogP contribution in [-0.2, 0) is 13.0 Å². The fourth-order valence-electron chi connectivity index (χ4n) is 5.06. The van der Waals surface area contributed by atoms with Crippen molar-refractivity contribution in [2.24, 2.45) is 5.73 Å². The van der Waals surface area contributed by atoms with Crippen molar-refractivity contribution in [3.05, 3.63) is 78.7 Å². The molecule has 4 aromatic heterocycles. The van der Waals surface area contributed by atoms with Crippen LogP contribution in [-0.4, -0.2) is 48.1 Å². The summed E-state index contributed by atoms with van der Waals surface area (Å²) in [5.74, 6) is -0.949. The van der Waals surface area contributed by atoms with Crippen molar-refractivity contribution >= 4 is 22.7 Å². The van der Waals surface area contributed by atoms with E-state index in [1.165, 1.54) is 12.4 Å². The number of halogens is 2. The number of benzene rings is 1. The number of nitrogen functional groups attached to an aromatic ring is 1. The minimum Gasteiger partial charge on any atom is -0.449 e. The Kier molecular flexibility index (Phi) is 5.95. The number of pyridine rings is 1. The predicted molar refractivity (Wildman–Crippen MR) is 137 cm³/mol. The minimum absolute atomic E-state index is 0.293. The molecule has 0 spiro atoms. The van der Waals surface area contributed by atoms with Gasteiger partial charge in [-0.25, -0.2) is 28.7 Å². The summed E-state index contributed by atoms with van der Waals surface area (Å²) in [5, 5.41) is 0. The number of oxazole rings is 1. The molecular formula is C26H25F2N9O. The van der Waals surface area contributed by atoms with Crippen LogP contribution in [0, 0.1) is 11.6 Å². The Balaban J connectivity index is 1.39. The lowest BCUT2D eigenvalue weighted by atomic mass is 9.86. The van der Waals surface area contributed by atoms with E-state index in [-0.39, 0.29) is 0 Å². The van der Waals surface area contributed by atoms with Crippen LogP contribution in [0.15, 0.2) is 60.0 Å². The van der Waals surface area contributed by atoms with Crippen molar-refractivity contribution in [3.63, 3.8) is 0 Å². The maximum atomic E-state index is 14.0. The molecule has 1 fully saturated rings. The maximum absolute atomic E-state index is 14.0. The van der Waals surface area contributed by atoms with Gasteiger partial charge in [0.05, 0.1) is 36.6 Å². The maximum Gasteiger partial charge on any atom is 0.195 e. The fraction of sp³-hybridized carbons (Fsp3) is 0.269. The van der Waals surface area contributed by atoms with Gasteiger partial charge in [-0.15, -0.1) is 0 Å². The van der Waals surface area contributed by atoms with Crippen LogP contribution in [0.1, 0.15) is 24.3 Å². The summed E-state index contributed by atoms with van der Waals surface area (Å²) >= 11 is 0. The zero-order valence-corrected chi connectivity index (χ0v) is 20.4. The van der Waals surface area contributed by atoms with Gasteiger partial charge in [0, 0.05) is 30.6 Å². The zero-order chi connectivity index (χ0) is 26.3. The van der Waals surface area contributed by atoms with E-state index in [1.807, 2.05) is 10.6 Å². The molecule has 1 aromatic carbocycles. The first-order valence-electron chi connectivity index (χ1n) is 12.2. The molecule has 5 heterocycles. The smallest absolute Gasteiger partial charge is 0.195 e. The molecule has 1 aliphatic heterocycles. The molecule has 6 rings (SSSR count). The van der Waals surface area contributed by atoms with Crippen LogP contribution in [0.3, 0.4) is 0 Å². The Labute approximate surface area is 216 Å². The van der Waals surface area contributed by atoms with Gasteiger partial charge < -0.3 is 25.4 Å². The van der Waals surface area contributed by atoms with Gasteiger partial charge in [0.1, 0.15) is 18.1 Å². The van der Waals surface area contributed by atoms with Crippen LogP contribution in [0.25, 0.3) is 22.4 Å². The Morgan fingerprint density at radius 1 is 1.05 bits per heavy atom. The van der Waals surface area contributed by atoms with Gasteiger partial charge in [-0.3, -0.25) is 4.98 Å². The third kappa shape index (κ3) is 4.54. The number of fused-ring (bicyclic) bond motifs is 1. The van der Waals surface area contributed by atoms with Crippen LogP contribution >= 0.6 is 0 Å². The first-order chi connectivity index (χ1) is 18.4. The molecule has 1 aliphatic rings. The summed E-state index contributed by atoms with van der Waals surface area (Å²) in [6.07, 6.45) is 10.2. The van der Waals surface area contributed by atoms with Crippen LogP contribution < -0.4 is 16.4 Å². The van der Waals surface area contributed by atoms with Gasteiger partial charge in [-0.05, 0) is 42.7 Å². The molecule has 5 aromatic rings. The lowest BCUT2D eigenvalue weighted by molar-refractivity contribution is 0.314. The third-order valence-electron chi connectivity index (χ3n) is 6.89.